The fourth-order valence-corrected chi connectivity index (χ4v) is 3.99. The molecule has 0 aromatic carbocycles. The van der Waals surface area contributed by atoms with Crippen molar-refractivity contribution in [3.63, 3.8) is 0 Å². The number of fused-ring (bicyclic) bond motifs is 1. The monoisotopic (exact) mass is 395 g/mol. The van der Waals surface area contributed by atoms with Gasteiger partial charge in [0.05, 0.1) is 28.6 Å². The van der Waals surface area contributed by atoms with Crippen LogP contribution < -0.4 is 10.1 Å². The van der Waals surface area contributed by atoms with E-state index in [-0.39, 0.29) is 24.7 Å². The molecule has 0 saturated heterocycles. The molecule has 0 aliphatic heterocycles. The average molecular weight is 396 g/mol. The molecular formula is C19H26FN3O3S. The van der Waals surface area contributed by atoms with E-state index in [1.54, 1.807) is 17.5 Å². The first-order valence-corrected chi connectivity index (χ1v) is 10.0. The second kappa shape index (κ2) is 8.06. The number of halogens is 1. The van der Waals surface area contributed by atoms with Gasteiger partial charge in [-0.3, -0.25) is 4.79 Å². The van der Waals surface area contributed by atoms with Crippen molar-refractivity contribution in [2.24, 2.45) is 0 Å². The van der Waals surface area contributed by atoms with Gasteiger partial charge in [0.2, 0.25) is 11.8 Å². The van der Waals surface area contributed by atoms with E-state index >= 15 is 0 Å². The van der Waals surface area contributed by atoms with E-state index in [2.05, 4.69) is 29.1 Å². The summed E-state index contributed by atoms with van der Waals surface area (Å²) >= 11 is 1.61. The van der Waals surface area contributed by atoms with Crippen LogP contribution in [0.15, 0.2) is 12.3 Å². The van der Waals surface area contributed by atoms with E-state index in [0.717, 1.165) is 15.2 Å². The first-order valence-electron chi connectivity index (χ1n) is 9.21. The number of amides is 1. The summed E-state index contributed by atoms with van der Waals surface area (Å²) in [6.07, 6.45) is 2.12. The van der Waals surface area contributed by atoms with Gasteiger partial charge in [-0.1, -0.05) is 13.8 Å². The zero-order chi connectivity index (χ0) is 19.6. The second-order valence-corrected chi connectivity index (χ2v) is 8.66. The van der Waals surface area contributed by atoms with E-state index in [9.17, 15) is 9.18 Å². The van der Waals surface area contributed by atoms with Crippen LogP contribution in [-0.4, -0.2) is 46.9 Å². The third-order valence-corrected chi connectivity index (χ3v) is 5.78. The van der Waals surface area contributed by atoms with Crippen LogP contribution in [0.25, 0.3) is 10.2 Å². The highest BCUT2D eigenvalue weighted by atomic mass is 32.1. The standard InChI is InChI=1S/C19H26FN3O3S/c1-11(2)18-23-15-8-21-17(5-16(15)27-18)26-10-19(20)6-14(7-19)25-9-12(3)22-13(4)24/h5,8,11-12,14H,6-7,9-10H2,1-4H3,(H,22,24)/t12-,14?,19?/m0/s1. The van der Waals surface area contributed by atoms with Gasteiger partial charge < -0.3 is 14.8 Å². The smallest absolute Gasteiger partial charge is 0.217 e. The zero-order valence-corrected chi connectivity index (χ0v) is 16.9. The minimum atomic E-state index is -1.39. The Balaban J connectivity index is 1.46. The number of nitrogens with one attached hydrogen (secondary N) is 1. The largest absolute Gasteiger partial charge is 0.474 e. The molecule has 27 heavy (non-hydrogen) atoms. The van der Waals surface area contributed by atoms with Crippen LogP contribution in [0.5, 0.6) is 5.88 Å². The van der Waals surface area contributed by atoms with Crippen molar-refractivity contribution in [2.75, 3.05) is 13.2 Å². The third kappa shape index (κ3) is 5.13. The Hall–Kier alpha value is -1.80. The van der Waals surface area contributed by atoms with E-state index in [1.165, 1.54) is 6.92 Å². The van der Waals surface area contributed by atoms with Gasteiger partial charge in [-0.25, -0.2) is 14.4 Å². The van der Waals surface area contributed by atoms with Crippen LogP contribution in [0.2, 0.25) is 0 Å². The van der Waals surface area contributed by atoms with Crippen LogP contribution in [0, 0.1) is 0 Å². The number of pyridine rings is 1. The maximum atomic E-state index is 14.7. The van der Waals surface area contributed by atoms with E-state index < -0.39 is 5.67 Å². The van der Waals surface area contributed by atoms with Gasteiger partial charge in [-0.05, 0) is 6.92 Å². The molecule has 0 spiro atoms. The van der Waals surface area contributed by atoms with Gasteiger partial charge >= 0.3 is 0 Å². The Kier molecular flexibility index (Phi) is 5.95. The maximum Gasteiger partial charge on any atom is 0.217 e. The van der Waals surface area contributed by atoms with Crippen molar-refractivity contribution in [1.29, 1.82) is 0 Å². The zero-order valence-electron chi connectivity index (χ0n) is 16.1. The molecule has 8 heteroatoms. The Labute approximate surface area is 162 Å². The third-order valence-electron chi connectivity index (χ3n) is 4.46. The molecule has 148 valence electrons. The molecule has 1 aliphatic carbocycles. The number of aromatic nitrogens is 2. The molecule has 1 aliphatic rings. The Bertz CT molecular complexity index is 805. The molecule has 2 aromatic rings. The van der Waals surface area contributed by atoms with Gasteiger partial charge in [0, 0.05) is 37.8 Å². The number of carbonyl (C=O) groups excluding carboxylic acids is 1. The lowest BCUT2D eigenvalue weighted by molar-refractivity contribution is -0.125. The van der Waals surface area contributed by atoms with Crippen LogP contribution in [0.4, 0.5) is 4.39 Å². The van der Waals surface area contributed by atoms with Crippen molar-refractivity contribution in [3.05, 3.63) is 17.3 Å². The van der Waals surface area contributed by atoms with Crippen LogP contribution in [0.1, 0.15) is 51.5 Å². The average Bonchev–Trinajstić information content (AvgIpc) is 2.99. The molecule has 1 atom stereocenters. The van der Waals surface area contributed by atoms with Gasteiger partial charge in [0.25, 0.3) is 0 Å². The lowest BCUT2D eigenvalue weighted by Crippen LogP contribution is -2.50. The van der Waals surface area contributed by atoms with Crippen LogP contribution in [0.3, 0.4) is 0 Å². The number of hydrogen-bond acceptors (Lipinski definition) is 6. The summed E-state index contributed by atoms with van der Waals surface area (Å²) in [6, 6.07) is 1.74. The van der Waals surface area contributed by atoms with Crippen LogP contribution >= 0.6 is 11.3 Å². The van der Waals surface area contributed by atoms with Crippen LogP contribution in [-0.2, 0) is 9.53 Å². The summed E-state index contributed by atoms with van der Waals surface area (Å²) in [6.45, 7) is 7.86. The van der Waals surface area contributed by atoms with Gasteiger partial charge in [0.15, 0.2) is 0 Å². The van der Waals surface area contributed by atoms with Gasteiger partial charge in [-0.2, -0.15) is 0 Å². The molecule has 1 saturated carbocycles. The molecule has 0 unspecified atom stereocenters. The van der Waals surface area contributed by atoms with Gasteiger partial charge in [-0.15, -0.1) is 11.3 Å². The molecule has 1 amide bonds. The first-order chi connectivity index (χ1) is 12.7. The Morgan fingerprint density at radius 2 is 2.19 bits per heavy atom. The van der Waals surface area contributed by atoms with Crippen molar-refractivity contribution >= 4 is 27.5 Å². The molecule has 2 aromatic heterocycles. The number of alkyl halides is 1. The lowest BCUT2D eigenvalue weighted by Gasteiger charge is -2.40. The van der Waals surface area contributed by atoms with Gasteiger partial charge in [0.1, 0.15) is 17.8 Å². The Morgan fingerprint density at radius 1 is 1.44 bits per heavy atom. The fourth-order valence-electron chi connectivity index (χ4n) is 3.02. The minimum Gasteiger partial charge on any atom is -0.474 e. The second-order valence-electron chi connectivity index (χ2n) is 7.60. The molecule has 0 radical (unpaired) electrons. The number of carbonyl (C=O) groups is 1. The molecule has 6 nitrogen and oxygen atoms in total. The minimum absolute atomic E-state index is 0.0392. The predicted octanol–water partition coefficient (Wildman–Crippen LogP) is 3.61. The van der Waals surface area contributed by atoms with Crippen molar-refractivity contribution in [2.45, 2.75) is 64.3 Å². The molecule has 2 heterocycles. The summed E-state index contributed by atoms with van der Waals surface area (Å²) < 4.78 is 26.9. The number of thiazole rings is 1. The molecular weight excluding hydrogens is 369 g/mol. The maximum absolute atomic E-state index is 14.7. The number of rotatable bonds is 8. The van der Waals surface area contributed by atoms with E-state index in [1.807, 2.05) is 13.0 Å². The molecule has 3 rings (SSSR count). The summed E-state index contributed by atoms with van der Waals surface area (Å²) in [7, 11) is 0. The van der Waals surface area contributed by atoms with E-state index in [4.69, 9.17) is 9.47 Å². The molecule has 0 bridgehead atoms. The highest BCUT2D eigenvalue weighted by Gasteiger charge is 2.46. The van der Waals surface area contributed by atoms with Crippen molar-refractivity contribution in [1.82, 2.24) is 15.3 Å². The quantitative estimate of drug-likeness (QED) is 0.739. The summed E-state index contributed by atoms with van der Waals surface area (Å²) in [5, 5.41) is 3.80. The van der Waals surface area contributed by atoms with E-state index in [0.29, 0.717) is 31.2 Å². The number of nitrogens with zero attached hydrogens (tertiary/aromatic N) is 2. The van der Waals surface area contributed by atoms with Crippen molar-refractivity contribution in [3.8, 4) is 5.88 Å². The summed E-state index contributed by atoms with van der Waals surface area (Å²) in [4.78, 5) is 19.7. The topological polar surface area (TPSA) is 73.3 Å². The lowest BCUT2D eigenvalue weighted by atomic mass is 9.79. The Morgan fingerprint density at radius 3 is 2.85 bits per heavy atom. The molecule has 1 fully saturated rings. The fraction of sp³-hybridized carbons (Fsp3) is 0.632. The predicted molar refractivity (Wildman–Crippen MR) is 103 cm³/mol. The summed E-state index contributed by atoms with van der Waals surface area (Å²) in [5.41, 5.74) is -0.550. The number of ether oxygens (including phenoxy) is 2. The number of hydrogen-bond donors (Lipinski definition) is 1. The first kappa shape index (κ1) is 19.9. The highest BCUT2D eigenvalue weighted by molar-refractivity contribution is 7.18. The summed E-state index contributed by atoms with van der Waals surface area (Å²) in [5.74, 6) is 0.683. The highest BCUT2D eigenvalue weighted by Crippen LogP contribution is 2.39. The SMILES string of the molecule is CC(=O)N[C@@H](C)COC1CC(F)(COc2cc3sc(C(C)C)nc3cn2)C1. The van der Waals surface area contributed by atoms with Crippen molar-refractivity contribution < 1.29 is 18.7 Å². The normalized spacial score (nSPS) is 23.3. The molecule has 1 N–H and O–H groups in total.